The van der Waals surface area contributed by atoms with Gasteiger partial charge in [-0.1, -0.05) is 6.07 Å². The van der Waals surface area contributed by atoms with Crippen molar-refractivity contribution in [3.8, 4) is 9.88 Å². The number of thiazole rings is 1. The van der Waals surface area contributed by atoms with Gasteiger partial charge in [-0.3, -0.25) is 9.48 Å². The maximum absolute atomic E-state index is 12.0. The lowest BCUT2D eigenvalue weighted by molar-refractivity contribution is 0.104. The molecule has 106 valence electrons. The number of hydrogen-bond donors (Lipinski definition) is 0. The molecule has 0 aliphatic rings. The molecule has 3 rings (SSSR count). The normalized spacial score (nSPS) is 11.3. The van der Waals surface area contributed by atoms with Crippen molar-refractivity contribution in [2.24, 2.45) is 0 Å². The number of thiophene rings is 1. The molecule has 0 saturated heterocycles. The zero-order valence-electron chi connectivity index (χ0n) is 11.4. The van der Waals surface area contributed by atoms with Crippen LogP contribution < -0.4 is 0 Å². The Morgan fingerprint density at radius 3 is 3.05 bits per heavy atom. The van der Waals surface area contributed by atoms with Gasteiger partial charge in [-0.2, -0.15) is 5.10 Å². The number of carbonyl (C=O) groups excluding carboxylic acids is 1. The summed E-state index contributed by atoms with van der Waals surface area (Å²) >= 11 is 3.24. The molecule has 0 amide bonds. The van der Waals surface area contributed by atoms with Gasteiger partial charge in [0.2, 0.25) is 0 Å². The molecule has 21 heavy (non-hydrogen) atoms. The number of rotatable bonds is 5. The number of hydrogen-bond acceptors (Lipinski definition) is 5. The van der Waals surface area contributed by atoms with E-state index in [0.29, 0.717) is 5.56 Å². The molecule has 3 aromatic rings. The first-order valence-corrected chi connectivity index (χ1v) is 8.26. The zero-order valence-corrected chi connectivity index (χ0v) is 13.0. The molecule has 0 unspecified atom stereocenters. The van der Waals surface area contributed by atoms with Crippen LogP contribution in [0.2, 0.25) is 0 Å². The van der Waals surface area contributed by atoms with Crippen LogP contribution in [0.25, 0.3) is 16.0 Å². The Balaban J connectivity index is 1.72. The smallest absolute Gasteiger partial charge is 0.189 e. The Kier molecular flexibility index (Phi) is 4.08. The molecule has 0 atom stereocenters. The van der Waals surface area contributed by atoms with Crippen LogP contribution in [-0.2, 0) is 6.54 Å². The molecule has 0 aliphatic heterocycles. The third kappa shape index (κ3) is 3.17. The average Bonchev–Trinajstić information content (AvgIpc) is 3.24. The van der Waals surface area contributed by atoms with E-state index >= 15 is 0 Å². The minimum Gasteiger partial charge on any atom is -0.289 e. The van der Waals surface area contributed by atoms with E-state index in [2.05, 4.69) is 10.1 Å². The third-order valence-corrected chi connectivity index (χ3v) is 4.80. The molecule has 0 aromatic carbocycles. The van der Waals surface area contributed by atoms with E-state index in [1.807, 2.05) is 29.8 Å². The van der Waals surface area contributed by atoms with Crippen molar-refractivity contribution in [1.82, 2.24) is 14.8 Å². The molecule has 0 N–H and O–H groups in total. The van der Waals surface area contributed by atoms with Crippen molar-refractivity contribution in [2.75, 3.05) is 0 Å². The van der Waals surface area contributed by atoms with Crippen LogP contribution in [0.5, 0.6) is 0 Å². The molecule has 0 radical (unpaired) electrons. The van der Waals surface area contributed by atoms with Crippen LogP contribution >= 0.6 is 22.7 Å². The molecule has 3 aromatic heterocycles. The Morgan fingerprint density at radius 1 is 1.43 bits per heavy atom. The summed E-state index contributed by atoms with van der Waals surface area (Å²) in [4.78, 5) is 17.7. The fourth-order valence-corrected chi connectivity index (χ4v) is 3.40. The van der Waals surface area contributed by atoms with Crippen LogP contribution in [0.15, 0.2) is 41.4 Å². The summed E-state index contributed by atoms with van der Waals surface area (Å²) in [6.07, 6.45) is 6.64. The number of carbonyl (C=O) groups is 1. The highest BCUT2D eigenvalue weighted by atomic mass is 32.1. The Hall–Kier alpha value is -2.05. The SMILES string of the molecule is CCn1cc(C(=O)C=Cc2csc(-c3cccs3)n2)cn1. The lowest BCUT2D eigenvalue weighted by Crippen LogP contribution is -1.94. The maximum Gasteiger partial charge on any atom is 0.189 e. The first-order chi connectivity index (χ1) is 10.3. The van der Waals surface area contributed by atoms with Gasteiger partial charge in [-0.15, -0.1) is 22.7 Å². The topological polar surface area (TPSA) is 47.8 Å². The summed E-state index contributed by atoms with van der Waals surface area (Å²) in [5.41, 5.74) is 1.40. The predicted octanol–water partition coefficient (Wildman–Crippen LogP) is 3.98. The second-order valence-electron chi connectivity index (χ2n) is 4.34. The highest BCUT2D eigenvalue weighted by molar-refractivity contribution is 7.20. The van der Waals surface area contributed by atoms with Crippen LogP contribution in [0.3, 0.4) is 0 Å². The maximum atomic E-state index is 12.0. The minimum absolute atomic E-state index is 0.0552. The van der Waals surface area contributed by atoms with E-state index in [-0.39, 0.29) is 5.78 Å². The van der Waals surface area contributed by atoms with Crippen molar-refractivity contribution >= 4 is 34.5 Å². The molecule has 0 fully saturated rings. The van der Waals surface area contributed by atoms with Gasteiger partial charge in [0.15, 0.2) is 5.78 Å². The zero-order chi connectivity index (χ0) is 14.7. The molecular formula is C15H13N3OS2. The lowest BCUT2D eigenvalue weighted by Gasteiger charge is -1.90. The van der Waals surface area contributed by atoms with Crippen LogP contribution in [-0.4, -0.2) is 20.5 Å². The van der Waals surface area contributed by atoms with E-state index in [1.165, 1.54) is 0 Å². The monoisotopic (exact) mass is 315 g/mol. The number of nitrogens with zero attached hydrogens (tertiary/aromatic N) is 3. The van der Waals surface area contributed by atoms with Crippen LogP contribution in [0.1, 0.15) is 23.0 Å². The van der Waals surface area contributed by atoms with Crippen LogP contribution in [0, 0.1) is 0 Å². The Bertz CT molecular complexity index is 769. The Labute approximate surface area is 130 Å². The first kappa shape index (κ1) is 13.9. The molecule has 0 bridgehead atoms. The van der Waals surface area contributed by atoms with Crippen molar-refractivity contribution < 1.29 is 4.79 Å². The standard InChI is InChI=1S/C15H13N3OS2/c1-2-18-9-11(8-16-18)13(19)6-5-12-10-21-15(17-12)14-4-3-7-20-14/h3-10H,2H2,1H3. The number of allylic oxidation sites excluding steroid dienone is 1. The van der Waals surface area contributed by atoms with Gasteiger partial charge in [0.1, 0.15) is 5.01 Å². The fraction of sp³-hybridized carbons (Fsp3) is 0.133. The van der Waals surface area contributed by atoms with E-state index in [4.69, 9.17) is 0 Å². The first-order valence-electron chi connectivity index (χ1n) is 6.50. The van der Waals surface area contributed by atoms with Crippen molar-refractivity contribution in [2.45, 2.75) is 13.5 Å². The van der Waals surface area contributed by atoms with Gasteiger partial charge >= 0.3 is 0 Å². The van der Waals surface area contributed by atoms with Crippen molar-refractivity contribution in [3.05, 3.63) is 52.6 Å². The molecule has 4 nitrogen and oxygen atoms in total. The molecule has 0 aliphatic carbocycles. The molecular weight excluding hydrogens is 302 g/mol. The average molecular weight is 315 g/mol. The summed E-state index contributed by atoms with van der Waals surface area (Å²) in [6, 6.07) is 4.05. The van der Waals surface area contributed by atoms with Gasteiger partial charge in [0, 0.05) is 18.1 Å². The lowest BCUT2D eigenvalue weighted by atomic mass is 10.2. The summed E-state index contributed by atoms with van der Waals surface area (Å²) in [7, 11) is 0. The third-order valence-electron chi connectivity index (χ3n) is 2.90. The number of ketones is 1. The fourth-order valence-electron chi connectivity index (χ4n) is 1.80. The molecule has 3 heterocycles. The molecule has 0 spiro atoms. The van der Waals surface area contributed by atoms with Crippen molar-refractivity contribution in [3.63, 3.8) is 0 Å². The Morgan fingerprint density at radius 2 is 2.33 bits per heavy atom. The summed E-state index contributed by atoms with van der Waals surface area (Å²) < 4.78 is 1.73. The van der Waals surface area contributed by atoms with E-state index in [0.717, 1.165) is 22.1 Å². The highest BCUT2D eigenvalue weighted by Crippen LogP contribution is 2.28. The van der Waals surface area contributed by atoms with E-state index < -0.39 is 0 Å². The van der Waals surface area contributed by atoms with Gasteiger partial charge in [-0.05, 0) is 30.5 Å². The van der Waals surface area contributed by atoms with Gasteiger partial charge in [0.05, 0.1) is 22.3 Å². The summed E-state index contributed by atoms with van der Waals surface area (Å²) in [5, 5.41) is 9.06. The molecule has 0 saturated carbocycles. The summed E-state index contributed by atoms with van der Waals surface area (Å²) in [5.74, 6) is -0.0552. The minimum atomic E-state index is -0.0552. The predicted molar refractivity (Wildman–Crippen MR) is 86.7 cm³/mol. The second kappa shape index (κ2) is 6.15. The number of aromatic nitrogens is 3. The van der Waals surface area contributed by atoms with E-state index in [1.54, 1.807) is 51.9 Å². The molecule has 6 heteroatoms. The quantitative estimate of drug-likeness (QED) is 0.528. The summed E-state index contributed by atoms with van der Waals surface area (Å²) in [6.45, 7) is 2.74. The van der Waals surface area contributed by atoms with Gasteiger partial charge in [0.25, 0.3) is 0 Å². The van der Waals surface area contributed by atoms with E-state index in [9.17, 15) is 4.79 Å². The highest BCUT2D eigenvalue weighted by Gasteiger charge is 2.06. The van der Waals surface area contributed by atoms with Gasteiger partial charge < -0.3 is 0 Å². The van der Waals surface area contributed by atoms with Crippen molar-refractivity contribution in [1.29, 1.82) is 0 Å². The number of aryl methyl sites for hydroxylation is 1. The largest absolute Gasteiger partial charge is 0.289 e. The van der Waals surface area contributed by atoms with Gasteiger partial charge in [-0.25, -0.2) is 4.98 Å². The van der Waals surface area contributed by atoms with Crippen LogP contribution in [0.4, 0.5) is 0 Å². The second-order valence-corrected chi connectivity index (χ2v) is 6.14.